The highest BCUT2D eigenvalue weighted by Gasteiger charge is 2.39. The van der Waals surface area contributed by atoms with Crippen LogP contribution in [0.25, 0.3) is 0 Å². The third-order valence-corrected chi connectivity index (χ3v) is 8.89. The highest BCUT2D eigenvalue weighted by Crippen LogP contribution is 2.18. The highest BCUT2D eigenvalue weighted by molar-refractivity contribution is 6.60. The molecule has 0 aromatic rings. The summed E-state index contributed by atoms with van der Waals surface area (Å²) >= 11 is 0. The molecule has 33 heavy (non-hydrogen) atoms. The number of nitrogens with one attached hydrogen (secondary N) is 1. The van der Waals surface area contributed by atoms with Gasteiger partial charge in [0, 0.05) is 38.8 Å². The Morgan fingerprint density at radius 2 is 1.15 bits per heavy atom. The zero-order chi connectivity index (χ0) is 24.5. The van der Waals surface area contributed by atoms with Crippen molar-refractivity contribution in [2.45, 2.75) is 130 Å². The van der Waals surface area contributed by atoms with Crippen molar-refractivity contribution in [3.8, 4) is 0 Å². The first-order valence-electron chi connectivity index (χ1n) is 14.0. The topological polar surface area (TPSA) is 56.8 Å². The summed E-state index contributed by atoms with van der Waals surface area (Å²) in [5.41, 5.74) is 0. The zero-order valence-corrected chi connectivity index (χ0v) is 23.4. The second kappa shape index (κ2) is 24.4. The van der Waals surface area contributed by atoms with Crippen LogP contribution in [0.15, 0.2) is 12.2 Å². The minimum absolute atomic E-state index is 0.157. The Balaban J connectivity index is 3.61. The fourth-order valence-corrected chi connectivity index (χ4v) is 6.59. The van der Waals surface area contributed by atoms with Gasteiger partial charge in [0.05, 0.1) is 0 Å². The fourth-order valence-electron chi connectivity index (χ4n) is 3.98. The average Bonchev–Trinajstić information content (AvgIpc) is 2.80. The number of unbranched alkanes of at least 4 members (excludes halogenated alkanes) is 11. The summed E-state index contributed by atoms with van der Waals surface area (Å²) in [6.07, 6.45) is 22.8. The molecule has 0 rings (SSSR count). The van der Waals surface area contributed by atoms with Gasteiger partial charge < -0.3 is 18.6 Å². The molecule has 0 radical (unpaired) electrons. The molecule has 0 aliphatic heterocycles. The Kier molecular flexibility index (Phi) is 23.9. The quantitative estimate of drug-likeness (QED) is 0.0822. The molecule has 1 N–H and O–H groups in total. The molecule has 0 aromatic carbocycles. The summed E-state index contributed by atoms with van der Waals surface area (Å²) in [4.78, 5) is 12.1. The van der Waals surface area contributed by atoms with Crippen molar-refractivity contribution in [3.05, 3.63) is 12.2 Å². The van der Waals surface area contributed by atoms with Crippen molar-refractivity contribution in [1.82, 2.24) is 5.32 Å². The van der Waals surface area contributed by atoms with E-state index in [0.29, 0.717) is 32.8 Å². The molecule has 0 atom stereocenters. The first-order valence-corrected chi connectivity index (χ1v) is 15.9. The lowest BCUT2D eigenvalue weighted by atomic mass is 10.1. The smallest absolute Gasteiger partial charge is 0.374 e. The molecule has 0 saturated heterocycles. The van der Waals surface area contributed by atoms with Crippen LogP contribution in [0, 0.1) is 0 Å². The zero-order valence-electron chi connectivity index (χ0n) is 22.4. The van der Waals surface area contributed by atoms with Crippen molar-refractivity contribution in [3.63, 3.8) is 0 Å². The van der Waals surface area contributed by atoms with E-state index >= 15 is 0 Å². The number of rotatable bonds is 25. The minimum Gasteiger partial charge on any atom is -0.374 e. The van der Waals surface area contributed by atoms with Gasteiger partial charge in [0.25, 0.3) is 0 Å². The van der Waals surface area contributed by atoms with Crippen molar-refractivity contribution < 1.29 is 18.1 Å². The average molecular weight is 486 g/mol. The van der Waals surface area contributed by atoms with Crippen molar-refractivity contribution in [2.24, 2.45) is 0 Å². The summed E-state index contributed by atoms with van der Waals surface area (Å²) in [5.74, 6) is 0.157. The molecular weight excluding hydrogens is 430 g/mol. The van der Waals surface area contributed by atoms with Gasteiger partial charge in [-0.05, 0) is 59.3 Å². The Morgan fingerprint density at radius 3 is 1.67 bits per heavy atom. The normalized spacial score (nSPS) is 12.0. The third-order valence-electron chi connectivity index (χ3n) is 5.74. The van der Waals surface area contributed by atoms with Crippen LogP contribution < -0.4 is 5.32 Å². The van der Waals surface area contributed by atoms with Crippen molar-refractivity contribution in [2.75, 3.05) is 26.4 Å². The van der Waals surface area contributed by atoms with E-state index in [1.165, 1.54) is 70.6 Å². The van der Waals surface area contributed by atoms with Gasteiger partial charge in [-0.3, -0.25) is 4.79 Å². The molecule has 1 amide bonds. The second-order valence-corrected chi connectivity index (χ2v) is 11.5. The summed E-state index contributed by atoms with van der Waals surface area (Å²) in [5, 5.41) is 3.04. The summed E-state index contributed by atoms with van der Waals surface area (Å²) in [6.45, 7) is 10.6. The number of carbonyl (C=O) groups excluding carboxylic acids is 1. The van der Waals surface area contributed by atoms with Gasteiger partial charge in [0.15, 0.2) is 0 Å². The maximum Gasteiger partial charge on any atom is 0.500 e. The van der Waals surface area contributed by atoms with E-state index in [9.17, 15) is 4.79 Å². The Hall–Kier alpha value is -0.693. The number of hydrogen-bond donors (Lipinski definition) is 1. The molecule has 0 spiro atoms. The van der Waals surface area contributed by atoms with Gasteiger partial charge in [0.1, 0.15) is 0 Å². The summed E-state index contributed by atoms with van der Waals surface area (Å²) in [7, 11) is -2.59. The lowest BCUT2D eigenvalue weighted by molar-refractivity contribution is -0.121. The molecule has 0 unspecified atom stereocenters. The minimum atomic E-state index is -2.59. The SMILES string of the molecule is CCCCCCCC/C=C\CCCCCCCC(=O)NCCC[Si](OCC)(OCC)OCC. The van der Waals surface area contributed by atoms with Crippen LogP contribution in [0.5, 0.6) is 0 Å². The van der Waals surface area contributed by atoms with Gasteiger partial charge in [-0.1, -0.05) is 70.4 Å². The molecule has 196 valence electrons. The standard InChI is InChI=1S/C27H55NO4Si/c1-5-9-10-11-12-13-14-15-16-17-18-19-20-21-22-24-27(29)28-25-23-26-33(30-6-2,31-7-3)32-8-4/h15-16H,5-14,17-26H2,1-4H3,(H,28,29)/b16-15-. The Morgan fingerprint density at radius 1 is 0.667 bits per heavy atom. The highest BCUT2D eigenvalue weighted by atomic mass is 28.4. The number of carbonyl (C=O) groups is 1. The van der Waals surface area contributed by atoms with E-state index in [1.807, 2.05) is 20.8 Å². The van der Waals surface area contributed by atoms with Gasteiger partial charge in [-0.25, -0.2) is 0 Å². The molecule has 0 saturated carbocycles. The maximum absolute atomic E-state index is 12.1. The molecule has 5 nitrogen and oxygen atoms in total. The van der Waals surface area contributed by atoms with Crippen molar-refractivity contribution in [1.29, 1.82) is 0 Å². The van der Waals surface area contributed by atoms with Gasteiger partial charge >= 0.3 is 8.80 Å². The molecule has 0 bridgehead atoms. The maximum atomic E-state index is 12.1. The van der Waals surface area contributed by atoms with E-state index in [4.69, 9.17) is 13.3 Å². The van der Waals surface area contributed by atoms with E-state index in [2.05, 4.69) is 24.4 Å². The Bertz CT molecular complexity index is 442. The van der Waals surface area contributed by atoms with Gasteiger partial charge in [0.2, 0.25) is 5.91 Å². The number of amides is 1. The molecule has 0 aliphatic rings. The second-order valence-electron chi connectivity index (χ2n) is 8.77. The van der Waals surface area contributed by atoms with Crippen LogP contribution in [-0.2, 0) is 18.1 Å². The van der Waals surface area contributed by atoms with Crippen LogP contribution in [0.3, 0.4) is 0 Å². The predicted octanol–water partition coefficient (Wildman–Crippen LogP) is 7.58. The van der Waals surface area contributed by atoms with Gasteiger partial charge in [-0.15, -0.1) is 0 Å². The van der Waals surface area contributed by atoms with Crippen molar-refractivity contribution >= 4 is 14.7 Å². The van der Waals surface area contributed by atoms with Gasteiger partial charge in [-0.2, -0.15) is 0 Å². The third kappa shape index (κ3) is 20.4. The first kappa shape index (κ1) is 32.3. The molecular formula is C27H55NO4Si. The summed E-state index contributed by atoms with van der Waals surface area (Å²) < 4.78 is 17.6. The molecule has 0 aromatic heterocycles. The molecule has 6 heteroatoms. The lowest BCUT2D eigenvalue weighted by Crippen LogP contribution is -2.46. The fraction of sp³-hybridized carbons (Fsp3) is 0.889. The predicted molar refractivity (Wildman–Crippen MR) is 143 cm³/mol. The van der Waals surface area contributed by atoms with E-state index in [-0.39, 0.29) is 5.91 Å². The lowest BCUT2D eigenvalue weighted by Gasteiger charge is -2.28. The number of hydrogen-bond acceptors (Lipinski definition) is 4. The number of allylic oxidation sites excluding steroid dienone is 2. The molecule has 0 fully saturated rings. The van der Waals surface area contributed by atoms with Crippen LogP contribution in [0.1, 0.15) is 124 Å². The Labute approximate surface area is 206 Å². The van der Waals surface area contributed by atoms with Crippen LogP contribution >= 0.6 is 0 Å². The van der Waals surface area contributed by atoms with Crippen LogP contribution in [0.4, 0.5) is 0 Å². The summed E-state index contributed by atoms with van der Waals surface area (Å²) in [6, 6.07) is 0.746. The molecule has 0 heterocycles. The van der Waals surface area contributed by atoms with Crippen LogP contribution in [-0.4, -0.2) is 41.1 Å². The first-order chi connectivity index (χ1) is 16.1. The van der Waals surface area contributed by atoms with E-state index in [1.54, 1.807) is 0 Å². The van der Waals surface area contributed by atoms with E-state index < -0.39 is 8.80 Å². The molecule has 0 aliphatic carbocycles. The largest absolute Gasteiger partial charge is 0.500 e. The van der Waals surface area contributed by atoms with Crippen LogP contribution in [0.2, 0.25) is 6.04 Å². The monoisotopic (exact) mass is 485 g/mol. The van der Waals surface area contributed by atoms with E-state index in [0.717, 1.165) is 25.3 Å².